The van der Waals surface area contributed by atoms with Crippen molar-refractivity contribution in [3.8, 4) is 17.2 Å². The molecule has 3 rings (SSSR count). The number of carbonyl (C=O) groups excluding carboxylic acids is 2. The molecule has 0 bridgehead atoms. The molecule has 0 fully saturated rings. The number of carbonyl (C=O) groups is 2. The molecule has 0 radical (unpaired) electrons. The second-order valence-corrected chi connectivity index (χ2v) is 5.94. The van der Waals surface area contributed by atoms with Crippen LogP contribution in [0.3, 0.4) is 0 Å². The number of ketones is 1. The van der Waals surface area contributed by atoms with Crippen molar-refractivity contribution in [1.29, 1.82) is 0 Å². The summed E-state index contributed by atoms with van der Waals surface area (Å²) in [6, 6.07) is 9.86. The van der Waals surface area contributed by atoms with Gasteiger partial charge in [0.05, 0.1) is 25.3 Å². The van der Waals surface area contributed by atoms with Gasteiger partial charge in [0.15, 0.2) is 5.75 Å². The molecule has 0 aliphatic carbocycles. The Hall–Kier alpha value is -2.99. The number of rotatable bonds is 5. The fourth-order valence-electron chi connectivity index (χ4n) is 2.67. The van der Waals surface area contributed by atoms with Crippen LogP contribution >= 0.6 is 11.6 Å². The van der Waals surface area contributed by atoms with Crippen LogP contribution in [-0.2, 0) is 4.79 Å². The quantitative estimate of drug-likeness (QED) is 0.540. The minimum atomic E-state index is -0.531. The van der Waals surface area contributed by atoms with Gasteiger partial charge in [0, 0.05) is 23.4 Å². The van der Waals surface area contributed by atoms with Gasteiger partial charge >= 0.3 is 5.97 Å². The number of H-pyrrole nitrogens is 1. The molecule has 0 saturated carbocycles. The third-order valence-corrected chi connectivity index (χ3v) is 4.07. The van der Waals surface area contributed by atoms with Crippen molar-refractivity contribution in [2.45, 2.75) is 6.92 Å². The number of halogens is 1. The van der Waals surface area contributed by atoms with Gasteiger partial charge in [0.25, 0.3) is 0 Å². The largest absolute Gasteiger partial charge is 0.497 e. The molecule has 134 valence electrons. The van der Waals surface area contributed by atoms with Crippen molar-refractivity contribution in [3.05, 3.63) is 52.7 Å². The molecule has 1 heterocycles. The average molecular weight is 374 g/mol. The summed E-state index contributed by atoms with van der Waals surface area (Å²) in [4.78, 5) is 27.6. The minimum absolute atomic E-state index is 0.140. The van der Waals surface area contributed by atoms with Gasteiger partial charge in [-0.3, -0.25) is 9.59 Å². The number of ether oxygens (including phenoxy) is 3. The van der Waals surface area contributed by atoms with Gasteiger partial charge < -0.3 is 19.2 Å². The lowest BCUT2D eigenvalue weighted by Crippen LogP contribution is -2.09. The van der Waals surface area contributed by atoms with E-state index < -0.39 is 5.97 Å². The van der Waals surface area contributed by atoms with E-state index >= 15 is 0 Å². The summed E-state index contributed by atoms with van der Waals surface area (Å²) in [5, 5.41) is 1.08. The van der Waals surface area contributed by atoms with E-state index in [9.17, 15) is 9.59 Å². The topological polar surface area (TPSA) is 77.6 Å². The van der Waals surface area contributed by atoms with Crippen LogP contribution in [0.1, 0.15) is 23.0 Å². The van der Waals surface area contributed by atoms with E-state index in [1.807, 2.05) is 0 Å². The maximum absolute atomic E-state index is 13.1. The lowest BCUT2D eigenvalue weighted by atomic mass is 10.1. The molecule has 0 aliphatic heterocycles. The predicted molar refractivity (Wildman–Crippen MR) is 97.6 cm³/mol. The van der Waals surface area contributed by atoms with E-state index in [0.29, 0.717) is 33.0 Å². The number of esters is 1. The van der Waals surface area contributed by atoms with Crippen molar-refractivity contribution >= 4 is 34.3 Å². The SMILES string of the molecule is COc1ccc(C(=O)c2[nH]c3cc(Cl)ccc3c2OC(C)=O)c(OC)c1. The summed E-state index contributed by atoms with van der Waals surface area (Å²) in [7, 11) is 2.99. The highest BCUT2D eigenvalue weighted by molar-refractivity contribution is 6.31. The second kappa shape index (κ2) is 7.09. The number of fused-ring (bicyclic) bond motifs is 1. The van der Waals surface area contributed by atoms with Crippen LogP contribution in [0.25, 0.3) is 10.9 Å². The molecule has 1 N–H and O–H groups in total. The number of benzene rings is 2. The molecule has 3 aromatic rings. The molecule has 1 aromatic heterocycles. The van der Waals surface area contributed by atoms with Crippen molar-refractivity contribution in [2.24, 2.45) is 0 Å². The minimum Gasteiger partial charge on any atom is -0.497 e. The Morgan fingerprint density at radius 1 is 1.04 bits per heavy atom. The molecule has 0 aliphatic rings. The van der Waals surface area contributed by atoms with Crippen LogP contribution in [0.15, 0.2) is 36.4 Å². The van der Waals surface area contributed by atoms with Crippen LogP contribution in [0, 0.1) is 0 Å². The second-order valence-electron chi connectivity index (χ2n) is 5.51. The maximum Gasteiger partial charge on any atom is 0.308 e. The predicted octanol–water partition coefficient (Wildman–Crippen LogP) is 3.99. The molecule has 6 nitrogen and oxygen atoms in total. The summed E-state index contributed by atoms with van der Waals surface area (Å²) in [6.07, 6.45) is 0. The highest BCUT2D eigenvalue weighted by Gasteiger charge is 2.24. The molecule has 0 saturated heterocycles. The van der Waals surface area contributed by atoms with E-state index in [-0.39, 0.29) is 17.2 Å². The fraction of sp³-hybridized carbons (Fsp3) is 0.158. The maximum atomic E-state index is 13.1. The lowest BCUT2D eigenvalue weighted by Gasteiger charge is -2.10. The molecule has 0 atom stereocenters. The molecular formula is C19H16ClNO5. The first-order valence-corrected chi connectivity index (χ1v) is 8.08. The average Bonchev–Trinajstić information content (AvgIpc) is 2.97. The number of nitrogens with one attached hydrogen (secondary N) is 1. The molecule has 26 heavy (non-hydrogen) atoms. The number of methoxy groups -OCH3 is 2. The summed E-state index contributed by atoms with van der Waals surface area (Å²) >= 11 is 6.02. The normalized spacial score (nSPS) is 10.6. The molecule has 0 amide bonds. The Morgan fingerprint density at radius 2 is 1.81 bits per heavy atom. The van der Waals surface area contributed by atoms with Gasteiger partial charge in [-0.05, 0) is 30.3 Å². The third-order valence-electron chi connectivity index (χ3n) is 3.84. The molecular weight excluding hydrogens is 358 g/mol. The van der Waals surface area contributed by atoms with Crippen LogP contribution < -0.4 is 14.2 Å². The van der Waals surface area contributed by atoms with Crippen molar-refractivity contribution in [1.82, 2.24) is 4.98 Å². The first-order valence-electron chi connectivity index (χ1n) is 7.71. The first-order chi connectivity index (χ1) is 12.4. The van der Waals surface area contributed by atoms with Gasteiger partial charge in [-0.1, -0.05) is 11.6 Å². The zero-order valence-corrected chi connectivity index (χ0v) is 15.1. The standard InChI is InChI=1S/C19H16ClNO5/c1-10(22)26-19-13-6-4-11(20)8-15(13)21-17(19)18(23)14-7-5-12(24-2)9-16(14)25-3/h4-9,21H,1-3H3. The van der Waals surface area contributed by atoms with E-state index in [1.54, 1.807) is 36.4 Å². The monoisotopic (exact) mass is 373 g/mol. The zero-order chi connectivity index (χ0) is 18.8. The van der Waals surface area contributed by atoms with E-state index in [0.717, 1.165) is 0 Å². The highest BCUT2D eigenvalue weighted by atomic mass is 35.5. The Bertz CT molecular complexity index is 1010. The fourth-order valence-corrected chi connectivity index (χ4v) is 2.85. The van der Waals surface area contributed by atoms with Crippen molar-refractivity contribution in [2.75, 3.05) is 14.2 Å². The van der Waals surface area contributed by atoms with Gasteiger partial charge in [-0.15, -0.1) is 0 Å². The van der Waals surface area contributed by atoms with Crippen molar-refractivity contribution in [3.63, 3.8) is 0 Å². The highest BCUT2D eigenvalue weighted by Crippen LogP contribution is 2.35. The van der Waals surface area contributed by atoms with E-state index in [4.69, 9.17) is 25.8 Å². The summed E-state index contributed by atoms with van der Waals surface area (Å²) in [5.74, 6) is 0.151. The Labute approximate surface area is 154 Å². The first kappa shape index (κ1) is 17.8. The summed E-state index contributed by atoms with van der Waals surface area (Å²) < 4.78 is 15.8. The molecule has 7 heteroatoms. The number of aromatic nitrogens is 1. The number of hydrogen-bond donors (Lipinski definition) is 1. The van der Waals surface area contributed by atoms with Crippen molar-refractivity contribution < 1.29 is 23.8 Å². The number of aromatic amines is 1. The lowest BCUT2D eigenvalue weighted by molar-refractivity contribution is -0.131. The molecule has 2 aromatic carbocycles. The van der Waals surface area contributed by atoms with Gasteiger partial charge in [-0.25, -0.2) is 0 Å². The van der Waals surface area contributed by atoms with Crippen LogP contribution in [0.2, 0.25) is 5.02 Å². The molecule has 0 spiro atoms. The third kappa shape index (κ3) is 3.23. The number of hydrogen-bond acceptors (Lipinski definition) is 5. The van der Waals surface area contributed by atoms with Gasteiger partial charge in [0.2, 0.25) is 5.78 Å². The van der Waals surface area contributed by atoms with Crippen LogP contribution in [-0.4, -0.2) is 31.0 Å². The van der Waals surface area contributed by atoms with E-state index in [1.165, 1.54) is 21.1 Å². The zero-order valence-electron chi connectivity index (χ0n) is 14.4. The Balaban J connectivity index is 2.18. The van der Waals surface area contributed by atoms with Crippen LogP contribution in [0.4, 0.5) is 0 Å². The van der Waals surface area contributed by atoms with Gasteiger partial charge in [0.1, 0.15) is 17.2 Å². The molecule has 0 unspecified atom stereocenters. The van der Waals surface area contributed by atoms with Gasteiger partial charge in [-0.2, -0.15) is 0 Å². The Kier molecular flexibility index (Phi) is 4.86. The Morgan fingerprint density at radius 3 is 2.46 bits per heavy atom. The smallest absolute Gasteiger partial charge is 0.308 e. The van der Waals surface area contributed by atoms with E-state index in [2.05, 4.69) is 4.98 Å². The summed E-state index contributed by atoms with van der Waals surface area (Å²) in [5.41, 5.74) is 1.03. The summed E-state index contributed by atoms with van der Waals surface area (Å²) in [6.45, 7) is 1.27. The van der Waals surface area contributed by atoms with Crippen LogP contribution in [0.5, 0.6) is 17.2 Å².